The van der Waals surface area contributed by atoms with Gasteiger partial charge in [0.1, 0.15) is 5.82 Å². The van der Waals surface area contributed by atoms with Gasteiger partial charge in [-0.2, -0.15) is 4.98 Å². The second-order valence-electron chi connectivity index (χ2n) is 6.96. The number of hydrogen-bond acceptors (Lipinski definition) is 5. The van der Waals surface area contributed by atoms with Crippen LogP contribution in [-0.2, 0) is 16.4 Å². The van der Waals surface area contributed by atoms with Gasteiger partial charge in [0.05, 0.1) is 4.90 Å². The van der Waals surface area contributed by atoms with Crippen LogP contribution in [0, 0.1) is 12.7 Å². The van der Waals surface area contributed by atoms with Gasteiger partial charge in [0.15, 0.2) is 0 Å². The molecule has 0 aliphatic heterocycles. The first kappa shape index (κ1) is 21.1. The summed E-state index contributed by atoms with van der Waals surface area (Å²) in [6.07, 6.45) is 0. The van der Waals surface area contributed by atoms with E-state index in [4.69, 9.17) is 16.0 Å². The first-order valence-corrected chi connectivity index (χ1v) is 11.3. The van der Waals surface area contributed by atoms with Gasteiger partial charge in [-0.3, -0.25) is 0 Å². The molecule has 0 spiro atoms. The number of nitrogens with one attached hydrogen (secondary N) is 1. The number of aromatic nitrogens is 1. The summed E-state index contributed by atoms with van der Waals surface area (Å²) in [6, 6.07) is 19.1. The second-order valence-corrected chi connectivity index (χ2v) is 9.26. The van der Waals surface area contributed by atoms with Crippen LogP contribution in [0.5, 0.6) is 0 Å². The summed E-state index contributed by atoms with van der Waals surface area (Å²) in [6.45, 7) is 2.22. The van der Waals surface area contributed by atoms with Gasteiger partial charge in [-0.25, -0.2) is 12.8 Å². The van der Waals surface area contributed by atoms with E-state index in [2.05, 4.69) is 10.3 Å². The summed E-state index contributed by atoms with van der Waals surface area (Å²) in [5.41, 5.74) is 2.51. The van der Waals surface area contributed by atoms with Crippen molar-refractivity contribution in [2.24, 2.45) is 0 Å². The molecule has 4 aromatic rings. The Bertz CT molecular complexity index is 1320. The maximum absolute atomic E-state index is 13.3. The van der Waals surface area contributed by atoms with Crippen LogP contribution in [0.25, 0.3) is 11.5 Å². The normalized spacial score (nSPS) is 11.5. The highest BCUT2D eigenvalue weighted by molar-refractivity contribution is 7.91. The van der Waals surface area contributed by atoms with Crippen molar-refractivity contribution >= 4 is 27.3 Å². The minimum absolute atomic E-state index is 0.00998. The molecule has 4 rings (SSSR count). The van der Waals surface area contributed by atoms with Gasteiger partial charge in [-0.05, 0) is 61.0 Å². The zero-order valence-corrected chi connectivity index (χ0v) is 18.0. The summed E-state index contributed by atoms with van der Waals surface area (Å²) >= 11 is 5.92. The molecule has 1 heterocycles. The Balaban J connectivity index is 1.76. The molecule has 5 nitrogen and oxygen atoms in total. The Morgan fingerprint density at radius 3 is 2.42 bits per heavy atom. The monoisotopic (exact) mass is 456 g/mol. The second kappa shape index (κ2) is 8.53. The first-order chi connectivity index (χ1) is 14.8. The van der Waals surface area contributed by atoms with Crippen LogP contribution in [0.3, 0.4) is 0 Å². The predicted octanol–water partition coefficient (Wildman–Crippen LogP) is 5.89. The molecule has 0 saturated heterocycles. The molecule has 0 atom stereocenters. The molecule has 0 bridgehead atoms. The van der Waals surface area contributed by atoms with Crippen molar-refractivity contribution in [3.63, 3.8) is 0 Å². The van der Waals surface area contributed by atoms with E-state index in [0.717, 1.165) is 23.3 Å². The largest absolute Gasteiger partial charge is 0.419 e. The number of anilines is 1. The average molecular weight is 457 g/mol. The molecule has 1 N–H and O–H groups in total. The molecule has 8 heteroatoms. The van der Waals surface area contributed by atoms with E-state index < -0.39 is 15.7 Å². The summed E-state index contributed by atoms with van der Waals surface area (Å²) in [7, 11) is -4.05. The van der Waals surface area contributed by atoms with Gasteiger partial charge >= 0.3 is 0 Å². The molecule has 0 fully saturated rings. The topological polar surface area (TPSA) is 72.2 Å². The maximum Gasteiger partial charge on any atom is 0.234 e. The van der Waals surface area contributed by atoms with E-state index in [1.165, 1.54) is 12.1 Å². The Labute approximate surface area is 184 Å². The molecule has 0 saturated carbocycles. The van der Waals surface area contributed by atoms with Crippen molar-refractivity contribution in [2.75, 3.05) is 5.32 Å². The highest BCUT2D eigenvalue weighted by atomic mass is 35.5. The molecular formula is C23H18ClFN2O3S. The Hall–Kier alpha value is -3.16. The zero-order valence-electron chi connectivity index (χ0n) is 16.5. The summed E-state index contributed by atoms with van der Waals surface area (Å²) in [4.78, 5) is 4.21. The van der Waals surface area contributed by atoms with Crippen molar-refractivity contribution < 1.29 is 17.2 Å². The van der Waals surface area contributed by atoms with Gasteiger partial charge in [0, 0.05) is 17.1 Å². The lowest BCUT2D eigenvalue weighted by Gasteiger charge is -2.06. The molecule has 3 aromatic carbocycles. The minimum atomic E-state index is -4.05. The molecule has 0 aliphatic rings. The standard InChI is InChI=1S/C23H18ClFN2O3S/c1-15-3-2-4-17(13-15)21-27-23(31(28,29)20-11-9-19(25)10-12-20)22(30-21)26-14-16-5-7-18(24)8-6-16/h2-13,26H,14H2,1H3. The Morgan fingerprint density at radius 2 is 1.74 bits per heavy atom. The number of benzene rings is 3. The summed E-state index contributed by atoms with van der Waals surface area (Å²) in [5.74, 6) is -0.348. The molecule has 0 unspecified atom stereocenters. The molecule has 158 valence electrons. The van der Waals surface area contributed by atoms with E-state index in [1.54, 1.807) is 18.2 Å². The maximum atomic E-state index is 13.3. The van der Waals surface area contributed by atoms with Gasteiger partial charge < -0.3 is 9.73 Å². The molecule has 1 aromatic heterocycles. The quantitative estimate of drug-likeness (QED) is 0.366. The summed E-state index contributed by atoms with van der Waals surface area (Å²) in [5, 5.41) is 3.36. The average Bonchev–Trinajstić information content (AvgIpc) is 3.19. The van der Waals surface area contributed by atoms with Crippen molar-refractivity contribution in [3.05, 3.63) is 94.8 Å². The molecule has 0 radical (unpaired) electrons. The fraction of sp³-hybridized carbons (Fsp3) is 0.0870. The number of sulfone groups is 1. The van der Waals surface area contributed by atoms with Gasteiger partial charge in [0.25, 0.3) is 0 Å². The van der Waals surface area contributed by atoms with Crippen molar-refractivity contribution in [1.82, 2.24) is 4.98 Å². The van der Waals surface area contributed by atoms with Crippen LogP contribution in [0.15, 0.2) is 87.1 Å². The van der Waals surface area contributed by atoms with Gasteiger partial charge in [-0.1, -0.05) is 41.4 Å². The van der Waals surface area contributed by atoms with Crippen LogP contribution in [0.1, 0.15) is 11.1 Å². The van der Waals surface area contributed by atoms with E-state index in [-0.39, 0.29) is 21.7 Å². The number of hydrogen-bond donors (Lipinski definition) is 1. The van der Waals surface area contributed by atoms with Crippen LogP contribution < -0.4 is 5.32 Å². The van der Waals surface area contributed by atoms with Crippen LogP contribution in [0.4, 0.5) is 10.3 Å². The van der Waals surface area contributed by atoms with E-state index in [0.29, 0.717) is 17.1 Å². The first-order valence-electron chi connectivity index (χ1n) is 9.40. The highest BCUT2D eigenvalue weighted by Crippen LogP contribution is 2.33. The number of aryl methyl sites for hydroxylation is 1. The van der Waals surface area contributed by atoms with Crippen LogP contribution >= 0.6 is 11.6 Å². The molecule has 0 aliphatic carbocycles. The number of halogens is 2. The van der Waals surface area contributed by atoms with Crippen LogP contribution in [0.2, 0.25) is 5.02 Å². The zero-order chi connectivity index (χ0) is 22.0. The fourth-order valence-electron chi connectivity index (χ4n) is 3.01. The van der Waals surface area contributed by atoms with Gasteiger partial charge in [-0.15, -0.1) is 0 Å². The number of nitrogens with zero attached hydrogens (tertiary/aromatic N) is 1. The van der Waals surface area contributed by atoms with Crippen molar-refractivity contribution in [2.45, 2.75) is 23.4 Å². The van der Waals surface area contributed by atoms with E-state index in [9.17, 15) is 12.8 Å². The molecule has 0 amide bonds. The fourth-order valence-corrected chi connectivity index (χ4v) is 4.42. The highest BCUT2D eigenvalue weighted by Gasteiger charge is 2.28. The lowest BCUT2D eigenvalue weighted by molar-refractivity contribution is 0.576. The third kappa shape index (κ3) is 4.62. The third-order valence-corrected chi connectivity index (χ3v) is 6.54. The predicted molar refractivity (Wildman–Crippen MR) is 117 cm³/mol. The smallest absolute Gasteiger partial charge is 0.234 e. The van der Waals surface area contributed by atoms with E-state index >= 15 is 0 Å². The third-order valence-electron chi connectivity index (χ3n) is 4.61. The Morgan fingerprint density at radius 1 is 1.03 bits per heavy atom. The number of rotatable bonds is 6. The van der Waals surface area contributed by atoms with Gasteiger partial charge in [0.2, 0.25) is 26.6 Å². The lowest BCUT2D eigenvalue weighted by atomic mass is 10.1. The lowest BCUT2D eigenvalue weighted by Crippen LogP contribution is -2.07. The SMILES string of the molecule is Cc1cccc(-c2nc(S(=O)(=O)c3ccc(F)cc3)c(NCc3ccc(Cl)cc3)o2)c1. The summed E-state index contributed by atoms with van der Waals surface area (Å²) < 4.78 is 45.6. The van der Waals surface area contributed by atoms with E-state index in [1.807, 2.05) is 37.3 Å². The number of oxazole rings is 1. The Kier molecular flexibility index (Phi) is 5.80. The van der Waals surface area contributed by atoms with Crippen molar-refractivity contribution in [1.29, 1.82) is 0 Å². The van der Waals surface area contributed by atoms with Crippen molar-refractivity contribution in [3.8, 4) is 11.5 Å². The molecular weight excluding hydrogens is 439 g/mol. The minimum Gasteiger partial charge on any atom is -0.419 e. The molecule has 31 heavy (non-hydrogen) atoms. The van der Waals surface area contributed by atoms with Crippen LogP contribution in [-0.4, -0.2) is 13.4 Å².